The van der Waals surface area contributed by atoms with Gasteiger partial charge in [0, 0.05) is 6.54 Å². The molecule has 0 aliphatic rings. The Kier molecular flexibility index (Phi) is 6.26. The maximum Gasteiger partial charge on any atom is 0.284 e. The van der Waals surface area contributed by atoms with E-state index in [0.29, 0.717) is 24.1 Å². The van der Waals surface area contributed by atoms with Crippen LogP contribution in [0.1, 0.15) is 29.6 Å². The van der Waals surface area contributed by atoms with E-state index in [1.807, 2.05) is 18.2 Å². The quantitative estimate of drug-likeness (QED) is 0.772. The molecule has 0 atom stereocenters. The van der Waals surface area contributed by atoms with E-state index < -0.39 is 5.76 Å². The molecule has 1 N–H and O–H groups in total. The van der Waals surface area contributed by atoms with E-state index in [0.717, 1.165) is 18.7 Å². The van der Waals surface area contributed by atoms with Crippen LogP contribution < -0.4 is 5.32 Å². The number of rotatable bonds is 8. The summed E-state index contributed by atoms with van der Waals surface area (Å²) >= 11 is 0.576. The number of thioether (sulfide) groups is 1. The SMILES string of the molecule is CCc1ccccc1CNCc1ccc(CSC(F)F)o1. The van der Waals surface area contributed by atoms with Crippen LogP contribution in [0.15, 0.2) is 40.8 Å². The molecule has 0 aliphatic heterocycles. The Morgan fingerprint density at radius 3 is 2.48 bits per heavy atom. The minimum Gasteiger partial charge on any atom is -0.464 e. The van der Waals surface area contributed by atoms with Gasteiger partial charge in [-0.2, -0.15) is 8.78 Å². The average Bonchev–Trinajstić information content (AvgIpc) is 2.93. The van der Waals surface area contributed by atoms with Crippen LogP contribution in [0, 0.1) is 0 Å². The van der Waals surface area contributed by atoms with Gasteiger partial charge in [-0.1, -0.05) is 43.0 Å². The summed E-state index contributed by atoms with van der Waals surface area (Å²) < 4.78 is 29.7. The molecule has 0 radical (unpaired) electrons. The largest absolute Gasteiger partial charge is 0.464 e. The van der Waals surface area contributed by atoms with Crippen molar-refractivity contribution in [2.75, 3.05) is 0 Å². The highest BCUT2D eigenvalue weighted by Gasteiger charge is 2.07. The lowest BCUT2D eigenvalue weighted by molar-refractivity contribution is 0.251. The summed E-state index contributed by atoms with van der Waals surface area (Å²) in [6.45, 7) is 3.50. The van der Waals surface area contributed by atoms with Crippen LogP contribution in [0.3, 0.4) is 0 Å². The molecule has 0 unspecified atom stereocenters. The number of halogens is 2. The molecule has 2 rings (SSSR count). The second kappa shape index (κ2) is 8.20. The molecule has 1 heterocycles. The van der Waals surface area contributed by atoms with Crippen LogP contribution in [0.4, 0.5) is 8.78 Å². The molecular formula is C16H19F2NOS. The smallest absolute Gasteiger partial charge is 0.284 e. The van der Waals surface area contributed by atoms with Crippen molar-refractivity contribution in [2.24, 2.45) is 0 Å². The van der Waals surface area contributed by atoms with Crippen LogP contribution >= 0.6 is 11.8 Å². The van der Waals surface area contributed by atoms with Gasteiger partial charge < -0.3 is 9.73 Å². The van der Waals surface area contributed by atoms with Crippen molar-refractivity contribution in [1.82, 2.24) is 5.32 Å². The molecule has 2 aromatic rings. The second-order valence-electron chi connectivity index (χ2n) is 4.67. The molecule has 0 bridgehead atoms. The van der Waals surface area contributed by atoms with Gasteiger partial charge in [0.2, 0.25) is 0 Å². The van der Waals surface area contributed by atoms with Gasteiger partial charge in [-0.05, 0) is 29.7 Å². The Morgan fingerprint density at radius 1 is 1.05 bits per heavy atom. The molecule has 1 aromatic heterocycles. The second-order valence-corrected chi connectivity index (χ2v) is 5.64. The first-order valence-corrected chi connectivity index (χ1v) is 7.98. The van der Waals surface area contributed by atoms with Crippen LogP contribution in [0.25, 0.3) is 0 Å². The summed E-state index contributed by atoms with van der Waals surface area (Å²) in [5.41, 5.74) is 2.61. The van der Waals surface area contributed by atoms with Gasteiger partial charge in [-0.25, -0.2) is 0 Å². The van der Waals surface area contributed by atoms with Gasteiger partial charge in [0.05, 0.1) is 12.3 Å². The summed E-state index contributed by atoms with van der Waals surface area (Å²) in [6.07, 6.45) is 1.01. The zero-order valence-corrected chi connectivity index (χ0v) is 12.8. The summed E-state index contributed by atoms with van der Waals surface area (Å²) in [4.78, 5) is 0. The lowest BCUT2D eigenvalue weighted by atomic mass is 10.1. The predicted molar refractivity (Wildman–Crippen MR) is 82.4 cm³/mol. The molecule has 114 valence electrons. The Morgan fingerprint density at radius 2 is 1.76 bits per heavy atom. The minimum atomic E-state index is -2.36. The van der Waals surface area contributed by atoms with E-state index in [4.69, 9.17) is 4.42 Å². The lowest BCUT2D eigenvalue weighted by Gasteiger charge is -2.08. The third-order valence-electron chi connectivity index (χ3n) is 3.18. The fourth-order valence-corrected chi connectivity index (χ4v) is 2.58. The minimum absolute atomic E-state index is 0.205. The zero-order chi connectivity index (χ0) is 15.1. The van der Waals surface area contributed by atoms with Crippen molar-refractivity contribution in [3.63, 3.8) is 0 Å². The Hall–Kier alpha value is -1.33. The predicted octanol–water partition coefficient (Wildman–Crippen LogP) is 4.59. The first-order chi connectivity index (χ1) is 10.2. The number of hydrogen-bond acceptors (Lipinski definition) is 3. The van der Waals surface area contributed by atoms with E-state index in [1.165, 1.54) is 11.1 Å². The summed E-state index contributed by atoms with van der Waals surface area (Å²) in [7, 11) is 0. The van der Waals surface area contributed by atoms with Crippen molar-refractivity contribution < 1.29 is 13.2 Å². The van der Waals surface area contributed by atoms with Gasteiger partial charge >= 0.3 is 0 Å². The Balaban J connectivity index is 1.81. The standard InChI is InChI=1S/C16H19F2NOS/c1-2-12-5-3-4-6-13(12)9-19-10-14-7-8-15(20-14)11-21-16(17)18/h3-8,16,19H,2,9-11H2,1H3. The highest BCUT2D eigenvalue weighted by Crippen LogP contribution is 2.21. The topological polar surface area (TPSA) is 25.2 Å². The first kappa shape index (κ1) is 16.0. The fraction of sp³-hybridized carbons (Fsp3) is 0.375. The normalized spacial score (nSPS) is 11.2. The number of aryl methyl sites for hydroxylation is 1. The number of benzene rings is 1. The maximum absolute atomic E-state index is 12.1. The van der Waals surface area contributed by atoms with Crippen molar-refractivity contribution in [1.29, 1.82) is 0 Å². The summed E-state index contributed by atoms with van der Waals surface area (Å²) in [5, 5.41) is 3.32. The number of hydrogen-bond donors (Lipinski definition) is 1. The third kappa shape index (κ3) is 5.17. The van der Waals surface area contributed by atoms with E-state index in [1.54, 1.807) is 6.07 Å². The highest BCUT2D eigenvalue weighted by molar-refractivity contribution is 7.98. The van der Waals surface area contributed by atoms with Gasteiger partial charge in [0.15, 0.2) is 0 Å². The fourth-order valence-electron chi connectivity index (χ4n) is 2.14. The molecule has 0 amide bonds. The van der Waals surface area contributed by atoms with E-state index in [9.17, 15) is 8.78 Å². The van der Waals surface area contributed by atoms with Crippen molar-refractivity contribution in [2.45, 2.75) is 37.9 Å². The number of furan rings is 1. The van der Waals surface area contributed by atoms with Crippen molar-refractivity contribution >= 4 is 11.8 Å². The van der Waals surface area contributed by atoms with E-state index >= 15 is 0 Å². The monoisotopic (exact) mass is 311 g/mol. The molecule has 0 aliphatic carbocycles. The van der Waals surface area contributed by atoms with Crippen LogP contribution in [-0.4, -0.2) is 5.76 Å². The molecule has 1 aromatic carbocycles. The highest BCUT2D eigenvalue weighted by atomic mass is 32.2. The molecule has 0 spiro atoms. The van der Waals surface area contributed by atoms with Crippen molar-refractivity contribution in [3.05, 3.63) is 59.0 Å². The van der Waals surface area contributed by atoms with Gasteiger partial charge in [-0.3, -0.25) is 0 Å². The third-order valence-corrected chi connectivity index (χ3v) is 3.89. The molecule has 0 saturated carbocycles. The number of alkyl halides is 2. The number of nitrogens with one attached hydrogen (secondary N) is 1. The average molecular weight is 311 g/mol. The molecule has 2 nitrogen and oxygen atoms in total. The zero-order valence-electron chi connectivity index (χ0n) is 11.9. The van der Waals surface area contributed by atoms with Gasteiger partial charge in [0.25, 0.3) is 5.76 Å². The molecule has 0 fully saturated rings. The van der Waals surface area contributed by atoms with E-state index in [2.05, 4.69) is 24.4 Å². The van der Waals surface area contributed by atoms with Crippen LogP contribution in [-0.2, 0) is 25.3 Å². The first-order valence-electron chi connectivity index (χ1n) is 6.94. The summed E-state index contributed by atoms with van der Waals surface area (Å²) in [5.74, 6) is -0.793. The van der Waals surface area contributed by atoms with E-state index in [-0.39, 0.29) is 5.75 Å². The van der Waals surface area contributed by atoms with Crippen LogP contribution in [0.5, 0.6) is 0 Å². The van der Waals surface area contributed by atoms with Gasteiger partial charge in [-0.15, -0.1) is 0 Å². The lowest BCUT2D eigenvalue weighted by Crippen LogP contribution is -2.13. The van der Waals surface area contributed by atoms with Gasteiger partial charge in [0.1, 0.15) is 11.5 Å². The molecule has 0 saturated heterocycles. The van der Waals surface area contributed by atoms with Crippen molar-refractivity contribution in [3.8, 4) is 0 Å². The Labute approximate surface area is 127 Å². The molecule has 21 heavy (non-hydrogen) atoms. The Bertz CT molecular complexity index is 557. The molecular weight excluding hydrogens is 292 g/mol. The molecule has 5 heteroatoms. The maximum atomic E-state index is 12.1. The van der Waals surface area contributed by atoms with Crippen LogP contribution in [0.2, 0.25) is 0 Å². The summed E-state index contributed by atoms with van der Waals surface area (Å²) in [6, 6.07) is 11.9.